The van der Waals surface area contributed by atoms with E-state index in [1.807, 2.05) is 25.1 Å². The van der Waals surface area contributed by atoms with Gasteiger partial charge in [0.25, 0.3) is 0 Å². The summed E-state index contributed by atoms with van der Waals surface area (Å²) in [5, 5.41) is 0. The second-order valence-corrected chi connectivity index (χ2v) is 3.96. The minimum atomic E-state index is 0.420. The van der Waals surface area contributed by atoms with Crippen molar-refractivity contribution in [1.82, 2.24) is 9.97 Å². The van der Waals surface area contributed by atoms with Crippen molar-refractivity contribution in [3.8, 4) is 22.9 Å². The molecule has 5 nitrogen and oxygen atoms in total. The van der Waals surface area contributed by atoms with Crippen LogP contribution in [-0.4, -0.2) is 24.2 Å². The van der Waals surface area contributed by atoms with Crippen molar-refractivity contribution in [2.45, 2.75) is 13.5 Å². The van der Waals surface area contributed by atoms with Crippen molar-refractivity contribution in [1.29, 1.82) is 0 Å². The summed E-state index contributed by atoms with van der Waals surface area (Å²) in [5.41, 5.74) is 8.38. The van der Waals surface area contributed by atoms with Crippen LogP contribution < -0.4 is 15.2 Å². The molecule has 0 atom stereocenters. The summed E-state index contributed by atoms with van der Waals surface area (Å²) in [4.78, 5) is 7.67. The number of benzene rings is 1. The Bertz CT molecular complexity index is 527. The molecule has 1 aromatic heterocycles. The van der Waals surface area contributed by atoms with Gasteiger partial charge in [0.15, 0.2) is 0 Å². The third-order valence-electron chi connectivity index (χ3n) is 2.80. The van der Waals surface area contributed by atoms with Gasteiger partial charge in [-0.1, -0.05) is 0 Å². The molecule has 0 bridgehead atoms. The lowest BCUT2D eigenvalue weighted by Crippen LogP contribution is -1.98. The molecule has 1 aromatic carbocycles. The zero-order valence-electron chi connectivity index (χ0n) is 10.8. The Hall–Kier alpha value is -2.01. The van der Waals surface area contributed by atoms with Gasteiger partial charge in [-0.3, -0.25) is 0 Å². The Kier molecular flexibility index (Phi) is 3.53. The number of aryl methyl sites for hydroxylation is 1. The van der Waals surface area contributed by atoms with Crippen LogP contribution >= 0.6 is 0 Å². The topological polar surface area (TPSA) is 73.2 Å². The predicted octanol–water partition coefficient (Wildman–Crippen LogP) is 1.86. The van der Waals surface area contributed by atoms with E-state index in [1.54, 1.807) is 14.2 Å². The zero-order chi connectivity index (χ0) is 13.1. The Balaban J connectivity index is 2.48. The molecule has 2 aromatic rings. The van der Waals surface area contributed by atoms with E-state index in [0.29, 0.717) is 6.54 Å². The average molecular weight is 247 g/mol. The van der Waals surface area contributed by atoms with Gasteiger partial charge in [-0.2, -0.15) is 0 Å². The molecule has 0 fully saturated rings. The molecular weight excluding hydrogens is 230 g/mol. The fourth-order valence-electron chi connectivity index (χ4n) is 1.78. The Morgan fingerprint density at radius 3 is 2.22 bits per heavy atom. The number of aromatic amines is 1. The van der Waals surface area contributed by atoms with Crippen LogP contribution in [0.5, 0.6) is 11.5 Å². The number of hydrogen-bond acceptors (Lipinski definition) is 4. The molecule has 0 saturated carbocycles. The number of H-pyrrole nitrogens is 1. The van der Waals surface area contributed by atoms with Crippen LogP contribution in [0.15, 0.2) is 18.2 Å². The fourth-order valence-corrected chi connectivity index (χ4v) is 1.78. The number of nitrogens with one attached hydrogen (secondary N) is 1. The van der Waals surface area contributed by atoms with Crippen LogP contribution in [0, 0.1) is 6.92 Å². The van der Waals surface area contributed by atoms with E-state index in [2.05, 4.69) is 9.97 Å². The number of aromatic nitrogens is 2. The molecule has 3 N–H and O–H groups in total. The quantitative estimate of drug-likeness (QED) is 0.865. The number of rotatable bonds is 4. The highest BCUT2D eigenvalue weighted by Crippen LogP contribution is 2.28. The molecule has 0 spiro atoms. The third kappa shape index (κ3) is 2.31. The van der Waals surface area contributed by atoms with Crippen LogP contribution in [0.1, 0.15) is 11.4 Å². The number of nitrogens with two attached hydrogens (primary N) is 1. The van der Waals surface area contributed by atoms with E-state index in [-0.39, 0.29) is 0 Å². The number of methoxy groups -OCH3 is 2. The number of nitrogens with zero attached hydrogens (tertiary/aromatic N) is 1. The van der Waals surface area contributed by atoms with Gasteiger partial charge in [-0.05, 0) is 19.1 Å². The molecule has 0 aliphatic heterocycles. The van der Waals surface area contributed by atoms with Crippen molar-refractivity contribution in [3.05, 3.63) is 29.6 Å². The summed E-state index contributed by atoms with van der Waals surface area (Å²) in [6.07, 6.45) is 0. The van der Waals surface area contributed by atoms with E-state index in [1.165, 1.54) is 0 Å². The summed E-state index contributed by atoms with van der Waals surface area (Å²) in [6.45, 7) is 2.37. The molecule has 0 aliphatic carbocycles. The maximum Gasteiger partial charge on any atom is 0.138 e. The van der Waals surface area contributed by atoms with Crippen LogP contribution in [0.2, 0.25) is 0 Å². The standard InChI is InChI=1S/C13H17N3O2/c1-8-12(7-14)16-13(15-8)9-4-10(17-2)6-11(5-9)18-3/h4-6H,7,14H2,1-3H3,(H,15,16). The number of hydrogen-bond donors (Lipinski definition) is 2. The van der Waals surface area contributed by atoms with Gasteiger partial charge in [0.05, 0.1) is 19.9 Å². The Labute approximate surface area is 106 Å². The van der Waals surface area contributed by atoms with Crippen LogP contribution in [0.3, 0.4) is 0 Å². The van der Waals surface area contributed by atoms with Gasteiger partial charge in [0.1, 0.15) is 17.3 Å². The van der Waals surface area contributed by atoms with Gasteiger partial charge >= 0.3 is 0 Å². The summed E-state index contributed by atoms with van der Waals surface area (Å²) in [6, 6.07) is 5.63. The molecule has 18 heavy (non-hydrogen) atoms. The minimum Gasteiger partial charge on any atom is -0.497 e. The first-order chi connectivity index (χ1) is 8.67. The van der Waals surface area contributed by atoms with Crippen molar-refractivity contribution >= 4 is 0 Å². The molecule has 0 aliphatic rings. The molecule has 1 heterocycles. The average Bonchev–Trinajstić information content (AvgIpc) is 2.79. The van der Waals surface area contributed by atoms with Crippen LogP contribution in [-0.2, 0) is 6.54 Å². The second-order valence-electron chi connectivity index (χ2n) is 3.96. The summed E-state index contributed by atoms with van der Waals surface area (Å²) in [5.74, 6) is 2.23. The van der Waals surface area contributed by atoms with Crippen molar-refractivity contribution in [3.63, 3.8) is 0 Å². The van der Waals surface area contributed by atoms with E-state index in [9.17, 15) is 0 Å². The number of ether oxygens (including phenoxy) is 2. The first-order valence-corrected chi connectivity index (χ1v) is 5.67. The number of imidazole rings is 1. The van der Waals surface area contributed by atoms with Gasteiger partial charge in [-0.25, -0.2) is 4.98 Å². The summed E-state index contributed by atoms with van der Waals surface area (Å²) in [7, 11) is 3.24. The van der Waals surface area contributed by atoms with E-state index >= 15 is 0 Å². The van der Waals surface area contributed by atoms with Crippen LogP contribution in [0.25, 0.3) is 11.4 Å². The first-order valence-electron chi connectivity index (χ1n) is 5.67. The second kappa shape index (κ2) is 5.10. The molecule has 5 heteroatoms. The van der Waals surface area contributed by atoms with Gasteiger partial charge in [0, 0.05) is 23.9 Å². The van der Waals surface area contributed by atoms with Crippen LogP contribution in [0.4, 0.5) is 0 Å². The SMILES string of the molecule is COc1cc(OC)cc(-c2nc(CN)c(C)[nH]2)c1. The maximum atomic E-state index is 5.62. The fraction of sp³-hybridized carbons (Fsp3) is 0.308. The molecule has 0 radical (unpaired) electrons. The Morgan fingerprint density at radius 2 is 1.78 bits per heavy atom. The molecular formula is C13H17N3O2. The van der Waals surface area contributed by atoms with E-state index in [0.717, 1.165) is 34.3 Å². The zero-order valence-corrected chi connectivity index (χ0v) is 10.8. The normalized spacial score (nSPS) is 10.4. The predicted molar refractivity (Wildman–Crippen MR) is 69.8 cm³/mol. The largest absolute Gasteiger partial charge is 0.497 e. The first kappa shape index (κ1) is 12.4. The molecule has 96 valence electrons. The summed E-state index contributed by atoms with van der Waals surface area (Å²) < 4.78 is 10.5. The lowest BCUT2D eigenvalue weighted by molar-refractivity contribution is 0.394. The third-order valence-corrected chi connectivity index (χ3v) is 2.80. The molecule has 0 amide bonds. The molecule has 0 unspecified atom stereocenters. The van der Waals surface area contributed by atoms with Crippen molar-refractivity contribution in [2.24, 2.45) is 5.73 Å². The lowest BCUT2D eigenvalue weighted by atomic mass is 10.2. The van der Waals surface area contributed by atoms with Gasteiger partial charge in [-0.15, -0.1) is 0 Å². The highest BCUT2D eigenvalue weighted by atomic mass is 16.5. The smallest absolute Gasteiger partial charge is 0.138 e. The molecule has 2 rings (SSSR count). The van der Waals surface area contributed by atoms with E-state index < -0.39 is 0 Å². The highest BCUT2D eigenvalue weighted by molar-refractivity contribution is 5.61. The van der Waals surface area contributed by atoms with Crippen molar-refractivity contribution < 1.29 is 9.47 Å². The highest BCUT2D eigenvalue weighted by Gasteiger charge is 2.10. The summed E-state index contributed by atoms with van der Waals surface area (Å²) >= 11 is 0. The monoisotopic (exact) mass is 247 g/mol. The van der Waals surface area contributed by atoms with Crippen molar-refractivity contribution in [2.75, 3.05) is 14.2 Å². The van der Waals surface area contributed by atoms with E-state index in [4.69, 9.17) is 15.2 Å². The Morgan fingerprint density at radius 1 is 1.17 bits per heavy atom. The van der Waals surface area contributed by atoms with Gasteiger partial charge in [0.2, 0.25) is 0 Å². The minimum absolute atomic E-state index is 0.420. The lowest BCUT2D eigenvalue weighted by Gasteiger charge is -2.06. The molecule has 0 saturated heterocycles. The van der Waals surface area contributed by atoms with Gasteiger partial charge < -0.3 is 20.2 Å². The maximum absolute atomic E-state index is 5.62.